The third-order valence-corrected chi connectivity index (χ3v) is 7.95. The molecule has 0 unspecified atom stereocenters. The Morgan fingerprint density at radius 2 is 1.76 bits per heavy atom. The standard InChI is InChI=1S/C20H18NOSi.C12H10N.Ir/c1-23(2,3)14-10-11-15-16-7-6-8-17(18-9-4-5-12-21-18)20(16)22-19(15)13-14;1-10-7-8-12(13-9-10)11-5-3-2-4-6-11;/h4-7,9-13H,1-3H3;2-5,7-9H,1H3;/q2*-1;/i4D;1D3;. The van der Waals surface area contributed by atoms with E-state index in [0.717, 1.165) is 44.5 Å². The van der Waals surface area contributed by atoms with Gasteiger partial charge in [-0.25, -0.2) is 0 Å². The zero-order valence-corrected chi connectivity index (χ0v) is 24.2. The van der Waals surface area contributed by atoms with Crippen molar-refractivity contribution < 1.29 is 30.0 Å². The van der Waals surface area contributed by atoms with Crippen LogP contribution in [-0.4, -0.2) is 18.0 Å². The molecule has 0 saturated heterocycles. The van der Waals surface area contributed by atoms with Gasteiger partial charge in [-0.2, -0.15) is 0 Å². The molecule has 1 radical (unpaired) electrons. The Hall–Kier alpha value is -3.37. The first-order valence-corrected chi connectivity index (χ1v) is 15.2. The summed E-state index contributed by atoms with van der Waals surface area (Å²) in [5, 5.41) is 3.56. The first kappa shape index (κ1) is 21.7. The molecule has 0 spiro atoms. The fourth-order valence-electron chi connectivity index (χ4n) is 3.97. The van der Waals surface area contributed by atoms with Gasteiger partial charge >= 0.3 is 0 Å². The Morgan fingerprint density at radius 3 is 2.46 bits per heavy atom. The van der Waals surface area contributed by atoms with Crippen molar-refractivity contribution in [1.29, 1.82) is 0 Å². The van der Waals surface area contributed by atoms with Crippen molar-refractivity contribution in [3.63, 3.8) is 0 Å². The summed E-state index contributed by atoms with van der Waals surface area (Å²) in [5.41, 5.74) is 5.08. The normalized spacial score (nSPS) is 12.9. The van der Waals surface area contributed by atoms with Crippen LogP contribution in [0.4, 0.5) is 0 Å². The van der Waals surface area contributed by atoms with Gasteiger partial charge in [-0.1, -0.05) is 72.2 Å². The molecular formula is C32H28IrN2OSi-2. The topological polar surface area (TPSA) is 38.9 Å². The Labute approximate surface area is 238 Å². The molecule has 3 aromatic carbocycles. The number of hydrogen-bond acceptors (Lipinski definition) is 3. The molecule has 187 valence electrons. The molecule has 3 heterocycles. The molecule has 0 fully saturated rings. The maximum Gasteiger partial charge on any atom is 0.120 e. The van der Waals surface area contributed by atoms with Crippen molar-refractivity contribution in [1.82, 2.24) is 9.97 Å². The van der Waals surface area contributed by atoms with E-state index in [1.807, 2.05) is 30.3 Å². The first-order valence-electron chi connectivity index (χ1n) is 13.7. The molecule has 5 heteroatoms. The number of aromatic nitrogens is 2. The predicted molar refractivity (Wildman–Crippen MR) is 152 cm³/mol. The maximum atomic E-state index is 7.82. The van der Waals surface area contributed by atoms with Crippen molar-refractivity contribution >= 4 is 35.2 Å². The van der Waals surface area contributed by atoms with Crippen LogP contribution in [0.15, 0.2) is 102 Å². The second-order valence-electron chi connectivity index (χ2n) is 9.51. The van der Waals surface area contributed by atoms with Crippen molar-refractivity contribution in [3.05, 3.63) is 115 Å². The van der Waals surface area contributed by atoms with E-state index in [4.69, 9.17) is 9.90 Å². The summed E-state index contributed by atoms with van der Waals surface area (Å²) in [6, 6.07) is 31.3. The van der Waals surface area contributed by atoms with Gasteiger partial charge in [0.15, 0.2) is 0 Å². The van der Waals surface area contributed by atoms with Gasteiger partial charge in [-0.15, -0.1) is 54.1 Å². The number of benzene rings is 3. The molecule has 3 aromatic heterocycles. The van der Waals surface area contributed by atoms with Crippen molar-refractivity contribution in [3.8, 4) is 22.5 Å². The van der Waals surface area contributed by atoms with E-state index in [2.05, 4.69) is 59.9 Å². The number of pyridine rings is 2. The number of furan rings is 1. The van der Waals surface area contributed by atoms with Gasteiger partial charge in [-0.3, -0.25) is 0 Å². The largest absolute Gasteiger partial charge is 0.501 e. The van der Waals surface area contributed by atoms with Gasteiger partial charge in [0.2, 0.25) is 0 Å². The molecule has 6 rings (SSSR count). The SMILES string of the molecule is [2H]C([2H])([2H])c1ccc(-c2[c-]cccc2)nc1.[2H]c1ccnc(-c2[c-]ccc3c2oc2cc([Si](C)(C)C)ccc23)c1.[Ir]. The smallest absolute Gasteiger partial charge is 0.120 e. The minimum atomic E-state index is -2.09. The van der Waals surface area contributed by atoms with Crippen molar-refractivity contribution in [2.24, 2.45) is 0 Å². The minimum absolute atomic E-state index is 0. The Balaban J connectivity index is 0.000000200. The summed E-state index contributed by atoms with van der Waals surface area (Å²) < 4.78 is 35.7. The molecule has 37 heavy (non-hydrogen) atoms. The van der Waals surface area contributed by atoms with Gasteiger partial charge in [0.05, 0.1) is 15.0 Å². The van der Waals surface area contributed by atoms with Crippen molar-refractivity contribution in [2.45, 2.75) is 26.5 Å². The summed E-state index contributed by atoms with van der Waals surface area (Å²) in [7, 11) is -1.39. The van der Waals surface area contributed by atoms with Gasteiger partial charge in [0.1, 0.15) is 5.58 Å². The maximum absolute atomic E-state index is 7.82. The number of rotatable bonds is 3. The van der Waals surface area contributed by atoms with E-state index in [1.165, 1.54) is 11.4 Å². The summed E-state index contributed by atoms with van der Waals surface area (Å²) >= 11 is 0. The van der Waals surface area contributed by atoms with Crippen LogP contribution in [-0.2, 0) is 20.1 Å². The summed E-state index contributed by atoms with van der Waals surface area (Å²) in [5.74, 6) is 0. The Kier molecular flexibility index (Phi) is 6.65. The van der Waals surface area contributed by atoms with Crippen LogP contribution in [0.25, 0.3) is 44.5 Å². The molecular weight excluding hydrogens is 649 g/mol. The first-order chi connectivity index (χ1) is 19.0. The number of hydrogen-bond donors (Lipinski definition) is 0. The molecule has 0 aliphatic rings. The molecule has 0 amide bonds. The predicted octanol–water partition coefficient (Wildman–Crippen LogP) is 7.85. The van der Waals surface area contributed by atoms with Gasteiger partial charge < -0.3 is 14.4 Å². The monoisotopic (exact) mass is 681 g/mol. The van der Waals surface area contributed by atoms with E-state index in [9.17, 15) is 0 Å². The zero-order valence-electron chi connectivity index (χ0n) is 24.8. The van der Waals surface area contributed by atoms with Crippen LogP contribution in [0.3, 0.4) is 0 Å². The number of aryl methyl sites for hydroxylation is 1. The average Bonchev–Trinajstić information content (AvgIpc) is 3.31. The average molecular weight is 681 g/mol. The quantitative estimate of drug-likeness (QED) is 0.141. The van der Waals surface area contributed by atoms with Crippen molar-refractivity contribution in [2.75, 3.05) is 0 Å². The minimum Gasteiger partial charge on any atom is -0.501 e. The Morgan fingerprint density at radius 1 is 0.865 bits per heavy atom. The zero-order chi connectivity index (χ0) is 28.5. The summed E-state index contributed by atoms with van der Waals surface area (Å²) in [6.45, 7) is 4.91. The van der Waals surface area contributed by atoms with Gasteiger partial charge in [-0.05, 0) is 35.9 Å². The van der Waals surface area contributed by atoms with E-state index >= 15 is 0 Å². The van der Waals surface area contributed by atoms with Crippen LogP contribution in [0.5, 0.6) is 0 Å². The van der Waals surface area contributed by atoms with Crippen LogP contribution >= 0.6 is 0 Å². The van der Waals surface area contributed by atoms with Crippen LogP contribution < -0.4 is 5.19 Å². The van der Waals surface area contributed by atoms with E-state index in [1.54, 1.807) is 36.5 Å². The molecule has 3 nitrogen and oxygen atoms in total. The van der Waals surface area contributed by atoms with Crippen LogP contribution in [0, 0.1) is 19.0 Å². The van der Waals surface area contributed by atoms with E-state index < -0.39 is 14.9 Å². The van der Waals surface area contributed by atoms with Gasteiger partial charge in [0, 0.05) is 42.0 Å². The van der Waals surface area contributed by atoms with Gasteiger partial charge in [0.25, 0.3) is 0 Å². The fraction of sp³-hybridized carbons (Fsp3) is 0.125. The third-order valence-electron chi connectivity index (χ3n) is 5.91. The molecule has 0 saturated carbocycles. The fourth-order valence-corrected chi connectivity index (χ4v) is 5.11. The summed E-state index contributed by atoms with van der Waals surface area (Å²) in [6.07, 6.45) is 3.04. The molecule has 0 bridgehead atoms. The van der Waals surface area contributed by atoms with Crippen LogP contribution in [0.1, 0.15) is 11.0 Å². The molecule has 6 aromatic rings. The molecule has 0 atom stereocenters. The molecule has 0 N–H and O–H groups in total. The second-order valence-corrected chi connectivity index (χ2v) is 14.6. The second kappa shape index (κ2) is 11.3. The van der Waals surface area contributed by atoms with Crippen LogP contribution in [0.2, 0.25) is 19.6 Å². The molecule has 0 aliphatic heterocycles. The number of nitrogens with zero attached hydrogens (tertiary/aromatic N) is 2. The number of fused-ring (bicyclic) bond motifs is 3. The van der Waals surface area contributed by atoms with E-state index in [-0.39, 0.29) is 25.7 Å². The Bertz CT molecular complexity index is 1780. The third kappa shape index (κ3) is 5.96. The summed E-state index contributed by atoms with van der Waals surface area (Å²) in [4.78, 5) is 8.51. The molecule has 0 aliphatic carbocycles. The van der Waals surface area contributed by atoms with E-state index in [0.29, 0.717) is 6.04 Å².